The molecule has 1 aliphatic rings. The fourth-order valence-electron chi connectivity index (χ4n) is 3.10. The second-order valence-electron chi connectivity index (χ2n) is 5.46. The molecule has 0 saturated heterocycles. The van der Waals surface area contributed by atoms with Crippen molar-refractivity contribution >= 4 is 22.8 Å². The lowest BCUT2D eigenvalue weighted by Gasteiger charge is -2.13. The number of hydrogen-bond donors (Lipinski definition) is 0. The summed E-state index contributed by atoms with van der Waals surface area (Å²) < 4.78 is 6.66. The van der Waals surface area contributed by atoms with Crippen molar-refractivity contribution in [3.8, 4) is 0 Å². The summed E-state index contributed by atoms with van der Waals surface area (Å²) in [5.41, 5.74) is 1.13. The molecule has 0 radical (unpaired) electrons. The van der Waals surface area contributed by atoms with E-state index >= 15 is 0 Å². The van der Waals surface area contributed by atoms with Gasteiger partial charge in [0.2, 0.25) is 5.91 Å². The average molecular weight is 285 g/mol. The molecular weight excluding hydrogens is 266 g/mol. The van der Waals surface area contributed by atoms with Crippen molar-refractivity contribution < 1.29 is 14.3 Å². The largest absolute Gasteiger partial charge is 0.461 e. The lowest BCUT2D eigenvalue weighted by atomic mass is 10.1. The fourth-order valence-corrected chi connectivity index (χ4v) is 3.10. The summed E-state index contributed by atoms with van der Waals surface area (Å²) in [7, 11) is 0. The first-order valence-electron chi connectivity index (χ1n) is 7.54. The quantitative estimate of drug-likeness (QED) is 0.809. The smallest absolute Gasteiger partial charge is 0.355 e. The van der Waals surface area contributed by atoms with Gasteiger partial charge in [0, 0.05) is 11.3 Å². The lowest BCUT2D eigenvalue weighted by Crippen LogP contribution is -2.24. The second-order valence-corrected chi connectivity index (χ2v) is 5.46. The molecule has 1 fully saturated rings. The molecule has 0 spiro atoms. The van der Waals surface area contributed by atoms with Gasteiger partial charge in [-0.1, -0.05) is 31.0 Å². The maximum atomic E-state index is 12.8. The highest BCUT2D eigenvalue weighted by atomic mass is 16.5. The zero-order valence-electron chi connectivity index (χ0n) is 12.2. The van der Waals surface area contributed by atoms with E-state index < -0.39 is 5.97 Å². The molecular formula is C17H19NO3. The maximum Gasteiger partial charge on any atom is 0.355 e. The molecule has 3 rings (SSSR count). The molecule has 1 saturated carbocycles. The van der Waals surface area contributed by atoms with Gasteiger partial charge in [-0.3, -0.25) is 9.36 Å². The standard InChI is InChI=1S/C17H19NO3/c1-2-21-17(20)15-11-13-9-5-6-10-14(13)18(15)16(19)12-7-3-4-8-12/h5-6,9-12H,2-4,7-8H2,1H3. The van der Waals surface area contributed by atoms with Gasteiger partial charge in [-0.05, 0) is 31.9 Å². The Bertz CT molecular complexity index is 680. The van der Waals surface area contributed by atoms with Gasteiger partial charge in [0.25, 0.3) is 0 Å². The van der Waals surface area contributed by atoms with Gasteiger partial charge < -0.3 is 4.74 Å². The molecule has 0 amide bonds. The number of ether oxygens (including phenoxy) is 1. The molecule has 2 aromatic rings. The Balaban J connectivity index is 2.10. The van der Waals surface area contributed by atoms with Gasteiger partial charge in [0.15, 0.2) is 0 Å². The van der Waals surface area contributed by atoms with Crippen LogP contribution in [0.25, 0.3) is 10.9 Å². The number of carbonyl (C=O) groups excluding carboxylic acids is 2. The predicted molar refractivity (Wildman–Crippen MR) is 80.5 cm³/mol. The van der Waals surface area contributed by atoms with Crippen LogP contribution in [0.15, 0.2) is 30.3 Å². The number of hydrogen-bond acceptors (Lipinski definition) is 3. The summed E-state index contributed by atoms with van der Waals surface area (Å²) in [5.74, 6) is -0.384. The molecule has 0 N–H and O–H groups in total. The fraction of sp³-hybridized carbons (Fsp3) is 0.412. The number of nitrogens with zero attached hydrogens (tertiary/aromatic N) is 1. The first-order chi connectivity index (χ1) is 10.2. The van der Waals surface area contributed by atoms with Crippen LogP contribution < -0.4 is 0 Å². The molecule has 4 heteroatoms. The molecule has 1 aliphatic carbocycles. The molecule has 0 aliphatic heterocycles. The number of fused-ring (bicyclic) bond motifs is 1. The molecule has 0 atom stereocenters. The Morgan fingerprint density at radius 1 is 1.24 bits per heavy atom. The maximum absolute atomic E-state index is 12.8. The third kappa shape index (κ3) is 2.46. The molecule has 1 aromatic heterocycles. The Morgan fingerprint density at radius 3 is 2.67 bits per heavy atom. The zero-order chi connectivity index (χ0) is 14.8. The monoisotopic (exact) mass is 285 g/mol. The van der Waals surface area contributed by atoms with Crippen LogP contribution in [0.5, 0.6) is 0 Å². The minimum atomic E-state index is -0.431. The van der Waals surface area contributed by atoms with Crippen LogP contribution in [0, 0.1) is 5.92 Å². The number of benzene rings is 1. The summed E-state index contributed by atoms with van der Waals surface area (Å²) in [4.78, 5) is 25.0. The van der Waals surface area contributed by atoms with Crippen molar-refractivity contribution in [2.45, 2.75) is 32.6 Å². The molecule has 0 unspecified atom stereocenters. The predicted octanol–water partition coefficient (Wildman–Crippen LogP) is 3.65. The number of esters is 1. The molecule has 1 heterocycles. The van der Waals surface area contributed by atoms with Gasteiger partial charge in [-0.15, -0.1) is 0 Å². The van der Waals surface area contributed by atoms with Crippen LogP contribution in [0.2, 0.25) is 0 Å². The van der Waals surface area contributed by atoms with Crippen molar-refractivity contribution in [2.75, 3.05) is 6.61 Å². The van der Waals surface area contributed by atoms with Crippen LogP contribution in [0.3, 0.4) is 0 Å². The average Bonchev–Trinajstić information content (AvgIpc) is 3.14. The van der Waals surface area contributed by atoms with E-state index in [1.165, 1.54) is 0 Å². The van der Waals surface area contributed by atoms with E-state index in [9.17, 15) is 9.59 Å². The van der Waals surface area contributed by atoms with E-state index in [2.05, 4.69) is 0 Å². The number of aromatic nitrogens is 1. The molecule has 110 valence electrons. The van der Waals surface area contributed by atoms with E-state index in [4.69, 9.17) is 4.74 Å². The second kappa shape index (κ2) is 5.72. The van der Waals surface area contributed by atoms with E-state index in [1.54, 1.807) is 17.6 Å². The summed E-state index contributed by atoms with van der Waals surface area (Å²) >= 11 is 0. The minimum Gasteiger partial charge on any atom is -0.461 e. The molecule has 4 nitrogen and oxygen atoms in total. The van der Waals surface area contributed by atoms with Crippen LogP contribution in [-0.4, -0.2) is 23.1 Å². The van der Waals surface area contributed by atoms with Crippen LogP contribution in [-0.2, 0) is 4.74 Å². The summed E-state index contributed by atoms with van der Waals surface area (Å²) in [6.07, 6.45) is 4.00. The summed E-state index contributed by atoms with van der Waals surface area (Å²) in [5, 5.41) is 0.895. The summed E-state index contributed by atoms with van der Waals surface area (Å²) in [6, 6.07) is 9.33. The first kappa shape index (κ1) is 13.9. The van der Waals surface area contributed by atoms with Crippen LogP contribution in [0.4, 0.5) is 0 Å². The minimum absolute atomic E-state index is 0.0222. The molecule has 0 bridgehead atoms. The van der Waals surface area contributed by atoms with E-state index in [0.717, 1.165) is 36.6 Å². The van der Waals surface area contributed by atoms with Crippen molar-refractivity contribution in [1.82, 2.24) is 4.57 Å². The lowest BCUT2D eigenvalue weighted by molar-refractivity contribution is 0.0506. The van der Waals surface area contributed by atoms with Crippen molar-refractivity contribution in [1.29, 1.82) is 0 Å². The van der Waals surface area contributed by atoms with Crippen molar-refractivity contribution in [3.63, 3.8) is 0 Å². The van der Waals surface area contributed by atoms with Crippen molar-refractivity contribution in [2.24, 2.45) is 5.92 Å². The van der Waals surface area contributed by atoms with E-state index in [-0.39, 0.29) is 11.8 Å². The number of para-hydroxylation sites is 1. The van der Waals surface area contributed by atoms with Gasteiger partial charge in [-0.2, -0.15) is 0 Å². The third-order valence-corrected chi connectivity index (χ3v) is 4.12. The van der Waals surface area contributed by atoms with E-state index in [0.29, 0.717) is 12.3 Å². The van der Waals surface area contributed by atoms with Gasteiger partial charge in [0.05, 0.1) is 12.1 Å². The normalized spacial score (nSPS) is 15.5. The molecule has 21 heavy (non-hydrogen) atoms. The zero-order valence-corrected chi connectivity index (χ0v) is 12.2. The van der Waals surface area contributed by atoms with Crippen molar-refractivity contribution in [3.05, 3.63) is 36.0 Å². The Kier molecular flexibility index (Phi) is 3.78. The van der Waals surface area contributed by atoms with Crippen LogP contribution in [0.1, 0.15) is 47.9 Å². The number of carbonyl (C=O) groups is 2. The van der Waals surface area contributed by atoms with E-state index in [1.807, 2.05) is 24.3 Å². The van der Waals surface area contributed by atoms with Gasteiger partial charge >= 0.3 is 5.97 Å². The Morgan fingerprint density at radius 2 is 1.95 bits per heavy atom. The first-order valence-corrected chi connectivity index (χ1v) is 7.54. The van der Waals surface area contributed by atoms with Gasteiger partial charge in [0.1, 0.15) is 5.69 Å². The highest BCUT2D eigenvalue weighted by molar-refractivity contribution is 6.03. The number of rotatable bonds is 3. The molecule has 1 aromatic carbocycles. The Hall–Kier alpha value is -2.10. The summed E-state index contributed by atoms with van der Waals surface area (Å²) in [6.45, 7) is 2.07. The highest BCUT2D eigenvalue weighted by Gasteiger charge is 2.28. The third-order valence-electron chi connectivity index (χ3n) is 4.12. The Labute approximate surface area is 123 Å². The highest BCUT2D eigenvalue weighted by Crippen LogP contribution is 2.29. The van der Waals surface area contributed by atoms with Crippen LogP contribution >= 0.6 is 0 Å². The SMILES string of the molecule is CCOC(=O)c1cc2ccccc2n1C(=O)C1CCCC1. The van der Waals surface area contributed by atoms with Gasteiger partial charge in [-0.25, -0.2) is 4.79 Å². The topological polar surface area (TPSA) is 48.3 Å².